The zero-order valence-electron chi connectivity index (χ0n) is 17.7. The van der Waals surface area contributed by atoms with Crippen LogP contribution >= 0.6 is 0 Å². The van der Waals surface area contributed by atoms with E-state index in [1.165, 1.54) is 22.9 Å². The van der Waals surface area contributed by atoms with Gasteiger partial charge in [0.2, 0.25) is 0 Å². The predicted molar refractivity (Wildman–Crippen MR) is 127 cm³/mol. The summed E-state index contributed by atoms with van der Waals surface area (Å²) in [6, 6.07) is 25.3. The van der Waals surface area contributed by atoms with Crippen molar-refractivity contribution in [1.82, 2.24) is 4.57 Å². The van der Waals surface area contributed by atoms with Crippen molar-refractivity contribution in [2.45, 2.75) is 6.54 Å². The van der Waals surface area contributed by atoms with Gasteiger partial charge in [0.1, 0.15) is 23.4 Å². The van der Waals surface area contributed by atoms with E-state index in [0.29, 0.717) is 17.9 Å². The fourth-order valence-electron chi connectivity index (χ4n) is 4.59. The van der Waals surface area contributed by atoms with Crippen molar-refractivity contribution in [2.24, 2.45) is 0 Å². The van der Waals surface area contributed by atoms with Gasteiger partial charge in [-0.3, -0.25) is 0 Å². The van der Waals surface area contributed by atoms with Crippen molar-refractivity contribution in [3.8, 4) is 6.07 Å². The number of hydrogen-bond donors (Lipinski definition) is 1. The van der Waals surface area contributed by atoms with Crippen molar-refractivity contribution in [1.29, 1.82) is 5.26 Å². The number of piperazine rings is 1. The molecule has 4 aromatic rings. The first-order valence-corrected chi connectivity index (χ1v) is 10.8. The summed E-state index contributed by atoms with van der Waals surface area (Å²) in [5.74, 6) is 0.670. The van der Waals surface area contributed by atoms with Gasteiger partial charge in [-0.1, -0.05) is 42.5 Å². The maximum atomic E-state index is 13.3. The van der Waals surface area contributed by atoms with Gasteiger partial charge in [0.15, 0.2) is 0 Å². The summed E-state index contributed by atoms with van der Waals surface area (Å²) in [5, 5.41) is 12.1. The largest absolute Gasteiger partial charge is 0.396 e. The van der Waals surface area contributed by atoms with Gasteiger partial charge in [0, 0.05) is 31.9 Å². The van der Waals surface area contributed by atoms with Gasteiger partial charge in [0.25, 0.3) is 0 Å². The zero-order valence-corrected chi connectivity index (χ0v) is 17.7. The first-order valence-electron chi connectivity index (χ1n) is 10.8. The Labute approximate surface area is 186 Å². The minimum atomic E-state index is -0.226. The molecule has 0 amide bonds. The summed E-state index contributed by atoms with van der Waals surface area (Å²) < 4.78 is 15.3. The van der Waals surface area contributed by atoms with Crippen molar-refractivity contribution in [3.05, 3.63) is 89.9 Å². The highest BCUT2D eigenvalue weighted by Crippen LogP contribution is 2.31. The molecule has 6 heteroatoms. The molecule has 5 nitrogen and oxygen atoms in total. The van der Waals surface area contributed by atoms with Crippen LogP contribution in [0.4, 0.5) is 21.6 Å². The number of nitrogens with two attached hydrogens (primary N) is 1. The number of hydrogen-bond acceptors (Lipinski definition) is 4. The third-order valence-electron chi connectivity index (χ3n) is 6.19. The Balaban J connectivity index is 1.44. The summed E-state index contributed by atoms with van der Waals surface area (Å²) in [6.07, 6.45) is 0. The van der Waals surface area contributed by atoms with Crippen molar-refractivity contribution >= 4 is 28.0 Å². The molecule has 5 rings (SSSR count). The molecule has 3 aromatic carbocycles. The van der Waals surface area contributed by atoms with E-state index in [4.69, 9.17) is 5.73 Å². The molecule has 0 saturated carbocycles. The number of anilines is 3. The van der Waals surface area contributed by atoms with Crippen LogP contribution in [0.5, 0.6) is 0 Å². The lowest BCUT2D eigenvalue weighted by Gasteiger charge is -2.38. The van der Waals surface area contributed by atoms with Crippen LogP contribution < -0.4 is 15.5 Å². The van der Waals surface area contributed by atoms with E-state index in [0.717, 1.165) is 43.2 Å². The lowest BCUT2D eigenvalue weighted by atomic mass is 10.0. The standard InChI is InChI=1S/C26H24FN5/c27-21-8-10-22(11-9-21)30-12-14-31(15-13-30)26-25(29)16-23(17-28)32(26)18-20-6-3-5-19-4-1-2-7-24(19)20/h1-11,16H,12-15,18,29H2. The second-order valence-electron chi connectivity index (χ2n) is 8.10. The average Bonchev–Trinajstić information content (AvgIpc) is 3.15. The van der Waals surface area contributed by atoms with Gasteiger partial charge >= 0.3 is 0 Å². The van der Waals surface area contributed by atoms with E-state index in [1.807, 2.05) is 28.8 Å². The minimum absolute atomic E-state index is 0.226. The van der Waals surface area contributed by atoms with E-state index >= 15 is 0 Å². The summed E-state index contributed by atoms with van der Waals surface area (Å²) in [4.78, 5) is 4.50. The van der Waals surface area contributed by atoms with E-state index in [2.05, 4.69) is 46.2 Å². The van der Waals surface area contributed by atoms with Crippen LogP contribution in [-0.2, 0) is 6.54 Å². The first-order chi connectivity index (χ1) is 15.6. The molecular formula is C26H24FN5. The van der Waals surface area contributed by atoms with Crippen LogP contribution in [0, 0.1) is 17.1 Å². The molecule has 0 bridgehead atoms. The molecule has 1 aliphatic heterocycles. The summed E-state index contributed by atoms with van der Waals surface area (Å²) in [5.41, 5.74) is 9.76. The number of fused-ring (bicyclic) bond motifs is 1. The molecule has 0 atom stereocenters. The Bertz CT molecular complexity index is 1290. The van der Waals surface area contributed by atoms with Crippen LogP contribution in [0.25, 0.3) is 10.8 Å². The molecule has 1 aliphatic rings. The molecule has 2 N–H and O–H groups in total. The lowest BCUT2D eigenvalue weighted by molar-refractivity contribution is 0.620. The summed E-state index contributed by atoms with van der Waals surface area (Å²) >= 11 is 0. The third-order valence-corrected chi connectivity index (χ3v) is 6.19. The Kier molecular flexibility index (Phi) is 5.16. The number of halogens is 1. The van der Waals surface area contributed by atoms with Crippen LogP contribution in [-0.4, -0.2) is 30.7 Å². The highest BCUT2D eigenvalue weighted by molar-refractivity contribution is 5.85. The Morgan fingerprint density at radius 2 is 1.56 bits per heavy atom. The Hall–Kier alpha value is -3.98. The number of rotatable bonds is 4. The third kappa shape index (κ3) is 3.63. The zero-order chi connectivity index (χ0) is 22.1. The molecule has 1 fully saturated rings. The monoisotopic (exact) mass is 425 g/mol. The van der Waals surface area contributed by atoms with Crippen LogP contribution in [0.15, 0.2) is 72.8 Å². The van der Waals surface area contributed by atoms with Crippen LogP contribution in [0.1, 0.15) is 11.3 Å². The number of nitrogens with zero attached hydrogens (tertiary/aromatic N) is 4. The highest BCUT2D eigenvalue weighted by Gasteiger charge is 2.24. The normalized spacial score (nSPS) is 14.0. The van der Waals surface area contributed by atoms with Crippen LogP contribution in [0.3, 0.4) is 0 Å². The number of nitrogen functional groups attached to an aromatic ring is 1. The molecule has 0 aliphatic carbocycles. The number of nitriles is 1. The van der Waals surface area contributed by atoms with E-state index in [-0.39, 0.29) is 5.82 Å². The van der Waals surface area contributed by atoms with E-state index in [1.54, 1.807) is 6.07 Å². The Morgan fingerprint density at radius 3 is 2.31 bits per heavy atom. The fraction of sp³-hybridized carbons (Fsp3) is 0.192. The molecule has 160 valence electrons. The number of aromatic nitrogens is 1. The molecule has 1 saturated heterocycles. The molecule has 2 heterocycles. The van der Waals surface area contributed by atoms with Gasteiger partial charge in [-0.05, 0) is 46.7 Å². The van der Waals surface area contributed by atoms with Gasteiger partial charge in [0.05, 0.1) is 12.2 Å². The van der Waals surface area contributed by atoms with Crippen LogP contribution in [0.2, 0.25) is 0 Å². The quantitative estimate of drug-likeness (QED) is 0.519. The highest BCUT2D eigenvalue weighted by atomic mass is 19.1. The van der Waals surface area contributed by atoms with Gasteiger partial charge in [-0.25, -0.2) is 4.39 Å². The van der Waals surface area contributed by atoms with Crippen molar-refractivity contribution in [3.63, 3.8) is 0 Å². The predicted octanol–water partition coefficient (Wildman–Crippen LogP) is 4.61. The average molecular weight is 426 g/mol. The van der Waals surface area contributed by atoms with Gasteiger partial charge in [-0.15, -0.1) is 0 Å². The Morgan fingerprint density at radius 1 is 0.875 bits per heavy atom. The smallest absolute Gasteiger partial charge is 0.133 e. The minimum Gasteiger partial charge on any atom is -0.396 e. The second kappa shape index (κ2) is 8.27. The topological polar surface area (TPSA) is 61.2 Å². The maximum absolute atomic E-state index is 13.3. The van der Waals surface area contributed by atoms with Crippen molar-refractivity contribution in [2.75, 3.05) is 41.7 Å². The van der Waals surface area contributed by atoms with Gasteiger partial charge in [-0.2, -0.15) is 5.26 Å². The molecular weight excluding hydrogens is 401 g/mol. The first kappa shape index (κ1) is 20.0. The fourth-order valence-corrected chi connectivity index (χ4v) is 4.59. The van der Waals surface area contributed by atoms with E-state index in [9.17, 15) is 9.65 Å². The molecule has 1 aromatic heterocycles. The molecule has 0 unspecified atom stereocenters. The molecule has 32 heavy (non-hydrogen) atoms. The van der Waals surface area contributed by atoms with E-state index < -0.39 is 0 Å². The second-order valence-corrected chi connectivity index (χ2v) is 8.10. The lowest BCUT2D eigenvalue weighted by Crippen LogP contribution is -2.47. The van der Waals surface area contributed by atoms with Crippen molar-refractivity contribution < 1.29 is 4.39 Å². The molecule has 0 radical (unpaired) electrons. The summed E-state index contributed by atoms with van der Waals surface area (Å²) in [6.45, 7) is 3.71. The SMILES string of the molecule is N#Cc1cc(N)c(N2CCN(c3ccc(F)cc3)CC2)n1Cc1cccc2ccccc12. The van der Waals surface area contributed by atoms with Gasteiger partial charge < -0.3 is 20.1 Å². The summed E-state index contributed by atoms with van der Waals surface area (Å²) in [7, 11) is 0. The maximum Gasteiger partial charge on any atom is 0.133 e. The molecule has 0 spiro atoms. The number of benzene rings is 3.